The molecular formula is C15H17F7O2. The molecule has 0 unspecified atom stereocenters. The number of hydrogen-bond acceptors (Lipinski definition) is 2. The Morgan fingerprint density at radius 2 is 1.29 bits per heavy atom. The van der Waals surface area contributed by atoms with Crippen molar-refractivity contribution in [3.8, 4) is 0 Å². The summed E-state index contributed by atoms with van der Waals surface area (Å²) in [6.07, 6.45) is -1.52. The van der Waals surface area contributed by atoms with Crippen LogP contribution in [0.2, 0.25) is 0 Å². The van der Waals surface area contributed by atoms with Gasteiger partial charge in [-0.2, -0.15) is 30.7 Å². The van der Waals surface area contributed by atoms with Crippen LogP contribution in [0, 0.1) is 23.2 Å². The molecule has 138 valence electrons. The molecule has 2 nitrogen and oxygen atoms in total. The third-order valence-corrected chi connectivity index (χ3v) is 5.68. The van der Waals surface area contributed by atoms with Gasteiger partial charge in [0.15, 0.2) is 0 Å². The van der Waals surface area contributed by atoms with Gasteiger partial charge in [-0.1, -0.05) is 0 Å². The minimum Gasteiger partial charge on any atom is -0.460 e. The molecule has 4 fully saturated rings. The molecule has 4 aliphatic rings. The number of ether oxygens (including phenoxy) is 1. The Morgan fingerprint density at radius 1 is 0.875 bits per heavy atom. The van der Waals surface area contributed by atoms with Crippen molar-refractivity contribution in [2.24, 2.45) is 23.2 Å². The summed E-state index contributed by atoms with van der Waals surface area (Å²) in [7, 11) is 0. The molecule has 0 radical (unpaired) electrons. The summed E-state index contributed by atoms with van der Waals surface area (Å²) in [5, 5.41) is 0. The first kappa shape index (κ1) is 17.8. The third-order valence-electron chi connectivity index (χ3n) is 5.68. The maximum atomic E-state index is 13.3. The minimum atomic E-state index is -6.53. The van der Waals surface area contributed by atoms with Crippen molar-refractivity contribution >= 4 is 5.97 Å². The molecule has 0 aromatic carbocycles. The van der Waals surface area contributed by atoms with Gasteiger partial charge in [-0.25, -0.2) is 4.79 Å². The second kappa shape index (κ2) is 5.24. The van der Waals surface area contributed by atoms with Gasteiger partial charge in [-0.15, -0.1) is 0 Å². The van der Waals surface area contributed by atoms with E-state index in [2.05, 4.69) is 4.74 Å². The minimum absolute atomic E-state index is 0.395. The highest BCUT2D eigenvalue weighted by atomic mass is 19.4. The highest BCUT2D eigenvalue weighted by molar-refractivity contribution is 5.79. The normalized spacial score (nSPS) is 36.0. The van der Waals surface area contributed by atoms with Crippen LogP contribution in [-0.4, -0.2) is 30.6 Å². The molecule has 4 bridgehead atoms. The summed E-state index contributed by atoms with van der Waals surface area (Å²) in [5.41, 5.74) is -0.548. The fourth-order valence-electron chi connectivity index (χ4n) is 5.08. The molecule has 0 aliphatic heterocycles. The van der Waals surface area contributed by atoms with Gasteiger partial charge in [-0.3, -0.25) is 0 Å². The van der Waals surface area contributed by atoms with E-state index in [1.54, 1.807) is 0 Å². The van der Waals surface area contributed by atoms with E-state index >= 15 is 0 Å². The number of esters is 1. The summed E-state index contributed by atoms with van der Waals surface area (Å²) in [5.74, 6) is -14.0. The third kappa shape index (κ3) is 2.67. The molecule has 0 N–H and O–H groups in total. The largest absolute Gasteiger partial charge is 0.460 e. The van der Waals surface area contributed by atoms with Crippen molar-refractivity contribution in [2.45, 2.75) is 56.5 Å². The van der Waals surface area contributed by atoms with Crippen molar-refractivity contribution in [1.82, 2.24) is 0 Å². The lowest BCUT2D eigenvalue weighted by Gasteiger charge is -2.56. The molecule has 9 heteroatoms. The fourth-order valence-corrected chi connectivity index (χ4v) is 5.08. The number of carbonyl (C=O) groups excluding carboxylic acids is 1. The van der Waals surface area contributed by atoms with E-state index in [0.717, 1.165) is 19.3 Å². The Hall–Kier alpha value is -1.02. The van der Waals surface area contributed by atoms with E-state index in [1.807, 2.05) is 0 Å². The van der Waals surface area contributed by atoms with Crippen molar-refractivity contribution in [2.75, 3.05) is 6.61 Å². The molecule has 0 atom stereocenters. The molecule has 0 saturated heterocycles. The first-order valence-electron chi connectivity index (χ1n) is 7.86. The Bertz CT molecular complexity index is 491. The summed E-state index contributed by atoms with van der Waals surface area (Å²) in [6, 6.07) is 0. The van der Waals surface area contributed by atoms with Crippen LogP contribution in [0.5, 0.6) is 0 Å². The van der Waals surface area contributed by atoms with Crippen molar-refractivity contribution < 1.29 is 40.3 Å². The summed E-state index contributed by atoms with van der Waals surface area (Å²) >= 11 is 0. The molecule has 0 aromatic rings. The van der Waals surface area contributed by atoms with E-state index in [9.17, 15) is 35.5 Å². The number of hydrogen-bond donors (Lipinski definition) is 0. The summed E-state index contributed by atoms with van der Waals surface area (Å²) in [4.78, 5) is 11.3. The molecule has 0 spiro atoms. The first-order chi connectivity index (χ1) is 10.9. The number of rotatable bonds is 4. The molecule has 4 rings (SSSR count). The topological polar surface area (TPSA) is 26.3 Å². The number of alkyl halides is 7. The molecular weight excluding hydrogens is 345 g/mol. The van der Waals surface area contributed by atoms with E-state index in [1.165, 1.54) is 0 Å². The molecule has 0 aromatic heterocycles. The van der Waals surface area contributed by atoms with Gasteiger partial charge in [0, 0.05) is 5.41 Å². The second-order valence-electron chi connectivity index (χ2n) is 7.64. The number of carbonyl (C=O) groups is 1. The SMILES string of the molecule is O=C(OCC12CC3CC(CC(C3)C1)C2)C(F)(F)C(F)(F)C(F)(F)F. The van der Waals surface area contributed by atoms with E-state index < -0.39 is 36.0 Å². The van der Waals surface area contributed by atoms with Crippen molar-refractivity contribution in [3.05, 3.63) is 0 Å². The van der Waals surface area contributed by atoms with Gasteiger partial charge in [0.05, 0.1) is 6.61 Å². The summed E-state index contributed by atoms with van der Waals surface area (Å²) < 4.78 is 93.0. The first-order valence-corrected chi connectivity index (χ1v) is 7.86. The van der Waals surface area contributed by atoms with Gasteiger partial charge in [0.1, 0.15) is 0 Å². The standard InChI is InChI=1S/C15H17F7O2/c16-13(17,14(18,19)15(20,21)22)11(23)24-7-12-4-8-1-9(5-12)3-10(2-8)6-12/h8-10H,1-7H2. The van der Waals surface area contributed by atoms with Crippen LogP contribution >= 0.6 is 0 Å². The van der Waals surface area contributed by atoms with Crippen LogP contribution in [0.15, 0.2) is 0 Å². The van der Waals surface area contributed by atoms with E-state index in [0.29, 0.717) is 37.0 Å². The predicted molar refractivity (Wildman–Crippen MR) is 67.5 cm³/mol. The maximum Gasteiger partial charge on any atom is 0.460 e. The van der Waals surface area contributed by atoms with Crippen LogP contribution in [0.3, 0.4) is 0 Å². The quantitative estimate of drug-likeness (QED) is 0.541. The molecule has 0 amide bonds. The van der Waals surface area contributed by atoms with Gasteiger partial charge in [0.25, 0.3) is 0 Å². The fraction of sp³-hybridized carbons (Fsp3) is 0.933. The second-order valence-corrected chi connectivity index (χ2v) is 7.64. The van der Waals surface area contributed by atoms with Crippen molar-refractivity contribution in [3.63, 3.8) is 0 Å². The van der Waals surface area contributed by atoms with Gasteiger partial charge < -0.3 is 4.74 Å². The van der Waals surface area contributed by atoms with Crippen LogP contribution in [-0.2, 0) is 9.53 Å². The lowest BCUT2D eigenvalue weighted by Crippen LogP contribution is -2.57. The predicted octanol–water partition coefficient (Wildman–Crippen LogP) is 4.58. The highest BCUT2D eigenvalue weighted by Gasteiger charge is 2.77. The van der Waals surface area contributed by atoms with E-state index in [4.69, 9.17) is 0 Å². The molecule has 4 aliphatic carbocycles. The zero-order valence-electron chi connectivity index (χ0n) is 12.6. The Kier molecular flexibility index (Phi) is 3.88. The van der Waals surface area contributed by atoms with Crippen molar-refractivity contribution in [1.29, 1.82) is 0 Å². The smallest absolute Gasteiger partial charge is 0.460 e. The van der Waals surface area contributed by atoms with Crippen LogP contribution in [0.25, 0.3) is 0 Å². The van der Waals surface area contributed by atoms with Gasteiger partial charge in [-0.05, 0) is 56.3 Å². The Morgan fingerprint density at radius 3 is 1.67 bits per heavy atom. The van der Waals surface area contributed by atoms with E-state index in [-0.39, 0.29) is 0 Å². The lowest BCUT2D eigenvalue weighted by molar-refractivity contribution is -0.348. The summed E-state index contributed by atoms with van der Waals surface area (Å²) in [6.45, 7) is -0.515. The maximum absolute atomic E-state index is 13.3. The highest BCUT2D eigenvalue weighted by Crippen LogP contribution is 2.60. The zero-order valence-corrected chi connectivity index (χ0v) is 12.6. The molecule has 0 heterocycles. The van der Waals surface area contributed by atoms with Crippen LogP contribution in [0.4, 0.5) is 30.7 Å². The zero-order chi connectivity index (χ0) is 18.0. The van der Waals surface area contributed by atoms with Gasteiger partial charge in [0.2, 0.25) is 0 Å². The lowest BCUT2D eigenvalue weighted by atomic mass is 9.50. The van der Waals surface area contributed by atoms with Crippen LogP contribution in [0.1, 0.15) is 38.5 Å². The average molecular weight is 362 g/mol. The van der Waals surface area contributed by atoms with Crippen LogP contribution < -0.4 is 0 Å². The Balaban J connectivity index is 1.67. The van der Waals surface area contributed by atoms with Gasteiger partial charge >= 0.3 is 24.0 Å². The molecule has 24 heavy (non-hydrogen) atoms. The monoisotopic (exact) mass is 362 g/mol. The number of halogens is 7. The average Bonchev–Trinajstić information content (AvgIpc) is 2.41. The Labute approximate surface area is 133 Å². The molecule has 4 saturated carbocycles.